The van der Waals surface area contributed by atoms with Gasteiger partial charge in [-0.25, -0.2) is 0 Å². The summed E-state index contributed by atoms with van der Waals surface area (Å²) in [7, 11) is 0. The van der Waals surface area contributed by atoms with Gasteiger partial charge in [-0.2, -0.15) is 0 Å². The summed E-state index contributed by atoms with van der Waals surface area (Å²) < 4.78 is 22.6. The van der Waals surface area contributed by atoms with Crippen molar-refractivity contribution in [2.24, 2.45) is 0 Å². The van der Waals surface area contributed by atoms with Crippen LogP contribution in [0.1, 0.15) is 187 Å². The van der Waals surface area contributed by atoms with Crippen molar-refractivity contribution in [1.82, 2.24) is 5.32 Å². The number of hydrogen-bond acceptors (Lipinski definition) is 13. The Morgan fingerprint density at radius 3 is 1.51 bits per heavy atom. The third-order valence-electron chi connectivity index (χ3n) is 12.4. The minimum absolute atomic E-state index is 0.244. The quantitative estimate of drug-likeness (QED) is 0.0250. The lowest BCUT2D eigenvalue weighted by Gasteiger charge is -2.46. The SMILES string of the molecule is CCCCCCCC/C=C\CCCCCCCCCCCC(=O)NC(COC1OC(CO)C(OC2OC(CO)C(O)C(O)C2O)C(O)C1O)C(O)/C=C/CCCCCCCCCC. The minimum Gasteiger partial charge on any atom is -0.394 e. The van der Waals surface area contributed by atoms with E-state index >= 15 is 0 Å². The minimum atomic E-state index is -1.79. The van der Waals surface area contributed by atoms with Crippen LogP contribution in [0.25, 0.3) is 0 Å². The number of unbranched alkanes of at least 4 members (excludes halogenated alkanes) is 23. The lowest BCUT2D eigenvalue weighted by molar-refractivity contribution is -0.359. The number of carbonyl (C=O) groups excluding carboxylic acids is 1. The molecule has 0 aliphatic carbocycles. The molecule has 14 nitrogen and oxygen atoms in total. The molecule has 0 aromatic heterocycles. The summed E-state index contributed by atoms with van der Waals surface area (Å²) in [6, 6.07) is -0.910. The largest absolute Gasteiger partial charge is 0.394 e. The van der Waals surface area contributed by atoms with Crippen LogP contribution >= 0.6 is 0 Å². The Kier molecular flexibility index (Phi) is 33.4. The van der Waals surface area contributed by atoms with Crippen molar-refractivity contribution in [1.29, 1.82) is 0 Å². The molecular weight excluding hydrogens is 811 g/mol. The zero-order valence-corrected chi connectivity index (χ0v) is 39.1. The number of allylic oxidation sites excluding steroid dienone is 3. The monoisotopic (exact) mass is 902 g/mol. The van der Waals surface area contributed by atoms with Crippen molar-refractivity contribution in [3.63, 3.8) is 0 Å². The smallest absolute Gasteiger partial charge is 0.220 e. The number of amides is 1. The molecule has 0 aromatic carbocycles. The fourth-order valence-electron chi connectivity index (χ4n) is 8.23. The van der Waals surface area contributed by atoms with Gasteiger partial charge in [-0.3, -0.25) is 4.79 Å². The molecule has 0 saturated carbocycles. The number of ether oxygens (including phenoxy) is 4. The standard InChI is InChI=1S/C49H91NO13/c1-3-5-7-9-11-13-15-16-17-18-19-20-21-22-23-25-27-29-31-33-41(54)50-37(38(53)32-30-28-26-24-14-12-10-8-6-4-2)36-60-48-46(59)44(57)47(40(35-52)62-48)63-49-45(58)43(56)42(55)39(34-51)61-49/h16-17,30,32,37-40,42-49,51-53,55-59H,3-15,18-29,31,33-36H2,1-2H3,(H,50,54)/b17-16-,32-30+. The maximum Gasteiger partial charge on any atom is 0.220 e. The van der Waals surface area contributed by atoms with Gasteiger partial charge in [0.2, 0.25) is 5.91 Å². The van der Waals surface area contributed by atoms with Crippen molar-refractivity contribution in [2.45, 2.75) is 261 Å². The Morgan fingerprint density at radius 1 is 0.556 bits per heavy atom. The molecule has 12 atom stereocenters. The summed E-state index contributed by atoms with van der Waals surface area (Å²) in [5.74, 6) is -0.244. The first-order valence-corrected chi connectivity index (χ1v) is 25.1. The first kappa shape index (κ1) is 57.6. The first-order chi connectivity index (χ1) is 30.6. The average molecular weight is 902 g/mol. The second-order valence-electron chi connectivity index (χ2n) is 17.9. The third-order valence-corrected chi connectivity index (χ3v) is 12.4. The van der Waals surface area contributed by atoms with Crippen LogP contribution in [0.3, 0.4) is 0 Å². The molecule has 12 unspecified atom stereocenters. The molecule has 14 heteroatoms. The molecule has 63 heavy (non-hydrogen) atoms. The zero-order chi connectivity index (χ0) is 46.1. The Balaban J connectivity index is 1.81. The van der Waals surface area contributed by atoms with Gasteiger partial charge in [-0.05, 0) is 44.9 Å². The molecule has 1 amide bonds. The van der Waals surface area contributed by atoms with E-state index in [1.807, 2.05) is 6.08 Å². The third kappa shape index (κ3) is 24.2. The summed E-state index contributed by atoms with van der Waals surface area (Å²) in [6.45, 7) is 2.75. The Bertz CT molecular complexity index is 1160. The van der Waals surface area contributed by atoms with E-state index in [0.717, 1.165) is 38.5 Å². The van der Waals surface area contributed by atoms with Crippen LogP contribution in [0.5, 0.6) is 0 Å². The van der Waals surface area contributed by atoms with Gasteiger partial charge in [-0.1, -0.05) is 160 Å². The Morgan fingerprint density at radius 2 is 1.00 bits per heavy atom. The van der Waals surface area contributed by atoms with E-state index in [-0.39, 0.29) is 18.9 Å². The van der Waals surface area contributed by atoms with Gasteiger partial charge >= 0.3 is 0 Å². The molecule has 2 saturated heterocycles. The second kappa shape index (κ2) is 36.6. The molecule has 9 N–H and O–H groups in total. The lowest BCUT2D eigenvalue weighted by atomic mass is 9.97. The topological polar surface area (TPSA) is 228 Å². The number of rotatable bonds is 38. The number of aliphatic hydroxyl groups excluding tert-OH is 8. The molecule has 370 valence electrons. The van der Waals surface area contributed by atoms with Gasteiger partial charge in [0.15, 0.2) is 12.6 Å². The van der Waals surface area contributed by atoms with Crippen LogP contribution in [-0.4, -0.2) is 140 Å². The second-order valence-corrected chi connectivity index (χ2v) is 17.9. The fourth-order valence-corrected chi connectivity index (χ4v) is 8.23. The van der Waals surface area contributed by atoms with Gasteiger partial charge < -0.3 is 65.1 Å². The van der Waals surface area contributed by atoms with E-state index < -0.39 is 86.8 Å². The molecule has 0 bridgehead atoms. The normalized spacial score (nSPS) is 27.7. The van der Waals surface area contributed by atoms with Crippen molar-refractivity contribution in [2.75, 3.05) is 19.8 Å². The van der Waals surface area contributed by atoms with Crippen molar-refractivity contribution in [3.05, 3.63) is 24.3 Å². The van der Waals surface area contributed by atoms with Crippen LogP contribution in [-0.2, 0) is 23.7 Å². The van der Waals surface area contributed by atoms with Gasteiger partial charge in [0.05, 0.1) is 32.0 Å². The molecule has 0 spiro atoms. The van der Waals surface area contributed by atoms with E-state index in [2.05, 4.69) is 31.3 Å². The van der Waals surface area contributed by atoms with Crippen LogP contribution in [0.2, 0.25) is 0 Å². The predicted molar refractivity (Wildman–Crippen MR) is 245 cm³/mol. The number of carbonyl (C=O) groups is 1. The number of nitrogens with one attached hydrogen (secondary N) is 1. The molecule has 0 aromatic rings. The maximum absolute atomic E-state index is 13.1. The van der Waals surface area contributed by atoms with E-state index in [1.54, 1.807) is 6.08 Å². The van der Waals surface area contributed by atoms with E-state index in [9.17, 15) is 45.6 Å². The highest BCUT2D eigenvalue weighted by Crippen LogP contribution is 2.30. The average Bonchev–Trinajstić information content (AvgIpc) is 3.28. The molecule has 2 rings (SSSR count). The molecule has 2 fully saturated rings. The first-order valence-electron chi connectivity index (χ1n) is 25.1. The summed E-state index contributed by atoms with van der Waals surface area (Å²) >= 11 is 0. The van der Waals surface area contributed by atoms with Gasteiger partial charge in [-0.15, -0.1) is 0 Å². The maximum atomic E-state index is 13.1. The Hall–Kier alpha value is -1.53. The predicted octanol–water partition coefficient (Wildman–Crippen LogP) is 6.16. The molecule has 2 heterocycles. The summed E-state index contributed by atoms with van der Waals surface area (Å²) in [5, 5.41) is 86.5. The fraction of sp³-hybridized carbons (Fsp3) is 0.898. The van der Waals surface area contributed by atoms with Crippen LogP contribution in [0, 0.1) is 0 Å². The highest BCUT2D eigenvalue weighted by atomic mass is 16.7. The van der Waals surface area contributed by atoms with E-state index in [0.29, 0.717) is 6.42 Å². The van der Waals surface area contributed by atoms with Crippen molar-refractivity contribution >= 4 is 5.91 Å². The van der Waals surface area contributed by atoms with Crippen LogP contribution in [0.15, 0.2) is 24.3 Å². The highest BCUT2D eigenvalue weighted by Gasteiger charge is 2.51. The van der Waals surface area contributed by atoms with Gasteiger partial charge in [0, 0.05) is 6.42 Å². The van der Waals surface area contributed by atoms with Gasteiger partial charge in [0.1, 0.15) is 48.8 Å². The number of hydrogen-bond donors (Lipinski definition) is 9. The Labute approximate surface area is 379 Å². The van der Waals surface area contributed by atoms with E-state index in [4.69, 9.17) is 18.9 Å². The number of aliphatic hydroxyl groups is 8. The molecule has 0 radical (unpaired) electrons. The summed E-state index contributed by atoms with van der Waals surface area (Å²) in [5.41, 5.74) is 0. The molecular formula is C49H91NO13. The van der Waals surface area contributed by atoms with Crippen molar-refractivity contribution in [3.8, 4) is 0 Å². The van der Waals surface area contributed by atoms with E-state index in [1.165, 1.54) is 122 Å². The zero-order valence-electron chi connectivity index (χ0n) is 39.1. The highest BCUT2D eigenvalue weighted by molar-refractivity contribution is 5.76. The van der Waals surface area contributed by atoms with Crippen LogP contribution < -0.4 is 5.32 Å². The van der Waals surface area contributed by atoms with Crippen LogP contribution in [0.4, 0.5) is 0 Å². The summed E-state index contributed by atoms with van der Waals surface area (Å²) in [6.07, 6.45) is 22.3. The van der Waals surface area contributed by atoms with Gasteiger partial charge in [0.25, 0.3) is 0 Å². The van der Waals surface area contributed by atoms with Crippen molar-refractivity contribution < 1.29 is 64.6 Å². The summed E-state index contributed by atoms with van der Waals surface area (Å²) in [4.78, 5) is 13.1. The molecule has 2 aliphatic rings. The lowest BCUT2D eigenvalue weighted by Crippen LogP contribution is -2.65. The molecule has 2 aliphatic heterocycles.